The first-order chi connectivity index (χ1) is 12.5. The maximum Gasteiger partial charge on any atom is 0.345 e. The van der Waals surface area contributed by atoms with E-state index < -0.39 is 0 Å². The van der Waals surface area contributed by atoms with Crippen molar-refractivity contribution in [3.8, 4) is 0 Å². The lowest BCUT2D eigenvalue weighted by atomic mass is 10.0. The average Bonchev–Trinajstić information content (AvgIpc) is 2.96. The number of benzene rings is 1. The van der Waals surface area contributed by atoms with Gasteiger partial charge >= 0.3 is 5.69 Å². The number of nitrogens with one attached hydrogen (secondary N) is 1. The summed E-state index contributed by atoms with van der Waals surface area (Å²) in [6, 6.07) is 12.6. The number of carbonyl (C=O) groups is 1. The van der Waals surface area contributed by atoms with Crippen molar-refractivity contribution in [3.05, 3.63) is 81.8 Å². The highest BCUT2D eigenvalue weighted by atomic mass is 35.5. The molecule has 3 rings (SSSR count). The van der Waals surface area contributed by atoms with Crippen LogP contribution in [0.4, 0.5) is 0 Å². The standard InChI is InChI=1S/C18H18ClN5O2/c1-23-12-21-24(18(23)26)11-17(25)22-16(15-4-2-3-9-20-15)10-13-5-7-14(19)8-6-13/h2-9,12,16H,10-11H2,1H3,(H,22,25). The molecule has 2 heterocycles. The highest BCUT2D eigenvalue weighted by Crippen LogP contribution is 2.18. The van der Waals surface area contributed by atoms with Crippen molar-refractivity contribution in [1.29, 1.82) is 0 Å². The minimum Gasteiger partial charge on any atom is -0.346 e. The summed E-state index contributed by atoms with van der Waals surface area (Å²) in [5.41, 5.74) is 1.41. The van der Waals surface area contributed by atoms with E-state index in [1.54, 1.807) is 13.2 Å². The fourth-order valence-corrected chi connectivity index (χ4v) is 2.70. The van der Waals surface area contributed by atoms with E-state index in [0.29, 0.717) is 11.4 Å². The van der Waals surface area contributed by atoms with Gasteiger partial charge in [0.2, 0.25) is 5.91 Å². The zero-order valence-electron chi connectivity index (χ0n) is 14.2. The molecule has 0 aliphatic rings. The lowest BCUT2D eigenvalue weighted by molar-refractivity contribution is -0.122. The van der Waals surface area contributed by atoms with Gasteiger partial charge in [0, 0.05) is 18.3 Å². The number of amides is 1. The molecule has 0 bridgehead atoms. The Kier molecular flexibility index (Phi) is 5.48. The number of pyridine rings is 1. The lowest BCUT2D eigenvalue weighted by Crippen LogP contribution is -2.36. The topological polar surface area (TPSA) is 81.8 Å². The van der Waals surface area contributed by atoms with E-state index >= 15 is 0 Å². The van der Waals surface area contributed by atoms with Crippen LogP contribution >= 0.6 is 11.6 Å². The van der Waals surface area contributed by atoms with E-state index in [9.17, 15) is 9.59 Å². The van der Waals surface area contributed by atoms with Crippen molar-refractivity contribution in [3.63, 3.8) is 0 Å². The first kappa shape index (κ1) is 17.9. The Morgan fingerprint density at radius 3 is 2.62 bits per heavy atom. The van der Waals surface area contributed by atoms with Crippen LogP contribution < -0.4 is 11.0 Å². The van der Waals surface area contributed by atoms with Crippen LogP contribution in [0.25, 0.3) is 0 Å². The molecule has 134 valence electrons. The molecule has 0 fully saturated rings. The number of carbonyl (C=O) groups excluding carboxylic acids is 1. The van der Waals surface area contributed by atoms with E-state index in [2.05, 4.69) is 15.4 Å². The fraction of sp³-hybridized carbons (Fsp3) is 0.222. The highest BCUT2D eigenvalue weighted by molar-refractivity contribution is 6.30. The third kappa shape index (κ3) is 4.37. The molecule has 7 nitrogen and oxygen atoms in total. The normalized spacial score (nSPS) is 11.9. The SMILES string of the molecule is Cn1cnn(CC(=O)NC(Cc2ccc(Cl)cc2)c2ccccn2)c1=O. The monoisotopic (exact) mass is 371 g/mol. The van der Waals surface area contributed by atoms with E-state index in [1.165, 1.54) is 10.9 Å². The second-order valence-electron chi connectivity index (χ2n) is 5.89. The number of rotatable bonds is 6. The molecule has 1 aromatic carbocycles. The van der Waals surface area contributed by atoms with E-state index in [-0.39, 0.29) is 24.2 Å². The van der Waals surface area contributed by atoms with Crippen LogP contribution in [-0.2, 0) is 24.8 Å². The van der Waals surface area contributed by atoms with Crippen LogP contribution in [0, 0.1) is 0 Å². The molecule has 1 amide bonds. The summed E-state index contributed by atoms with van der Waals surface area (Å²) in [4.78, 5) is 28.6. The van der Waals surface area contributed by atoms with Crippen LogP contribution in [0.15, 0.2) is 59.8 Å². The second-order valence-corrected chi connectivity index (χ2v) is 6.32. The number of aromatic nitrogens is 4. The molecule has 0 aliphatic heterocycles. The van der Waals surface area contributed by atoms with Gasteiger partial charge in [-0.3, -0.25) is 14.3 Å². The van der Waals surface area contributed by atoms with Crippen molar-refractivity contribution in [2.75, 3.05) is 0 Å². The molecular weight excluding hydrogens is 354 g/mol. The highest BCUT2D eigenvalue weighted by Gasteiger charge is 2.18. The average molecular weight is 372 g/mol. The molecule has 0 saturated heterocycles. The van der Waals surface area contributed by atoms with Crippen LogP contribution in [0.3, 0.4) is 0 Å². The Balaban J connectivity index is 1.77. The lowest BCUT2D eigenvalue weighted by Gasteiger charge is -2.18. The number of halogens is 1. The Morgan fingerprint density at radius 2 is 2.00 bits per heavy atom. The van der Waals surface area contributed by atoms with Crippen LogP contribution in [-0.4, -0.2) is 25.2 Å². The minimum absolute atomic E-state index is 0.149. The van der Waals surface area contributed by atoms with Gasteiger partial charge in [0.1, 0.15) is 12.9 Å². The molecule has 1 unspecified atom stereocenters. The maximum absolute atomic E-state index is 12.4. The second kappa shape index (κ2) is 7.97. The van der Waals surface area contributed by atoms with Crippen LogP contribution in [0.2, 0.25) is 5.02 Å². The molecule has 2 aromatic heterocycles. The number of nitrogens with zero attached hydrogens (tertiary/aromatic N) is 4. The molecule has 0 spiro atoms. The zero-order chi connectivity index (χ0) is 18.5. The molecule has 1 atom stereocenters. The summed E-state index contributed by atoms with van der Waals surface area (Å²) in [5.74, 6) is -0.310. The molecule has 0 saturated carbocycles. The number of hydrogen-bond donors (Lipinski definition) is 1. The Morgan fingerprint density at radius 1 is 1.23 bits per heavy atom. The molecule has 1 N–H and O–H groups in total. The summed E-state index contributed by atoms with van der Waals surface area (Å²) < 4.78 is 2.43. The molecule has 3 aromatic rings. The van der Waals surface area contributed by atoms with Gasteiger partial charge in [0.05, 0.1) is 11.7 Å². The van der Waals surface area contributed by atoms with Gasteiger partial charge in [-0.15, -0.1) is 0 Å². The summed E-state index contributed by atoms with van der Waals surface area (Å²) in [6.07, 6.45) is 3.61. The zero-order valence-corrected chi connectivity index (χ0v) is 14.9. The summed E-state index contributed by atoms with van der Waals surface area (Å²) in [5, 5.41) is 7.50. The van der Waals surface area contributed by atoms with Crippen molar-refractivity contribution >= 4 is 17.5 Å². The van der Waals surface area contributed by atoms with Gasteiger partial charge in [-0.05, 0) is 36.2 Å². The van der Waals surface area contributed by atoms with E-state index in [0.717, 1.165) is 15.9 Å². The summed E-state index contributed by atoms with van der Waals surface area (Å²) in [7, 11) is 1.58. The third-order valence-corrected chi connectivity index (χ3v) is 4.17. The molecule has 8 heteroatoms. The largest absolute Gasteiger partial charge is 0.346 e. The van der Waals surface area contributed by atoms with Crippen LogP contribution in [0.5, 0.6) is 0 Å². The van der Waals surface area contributed by atoms with Gasteiger partial charge in [-0.25, -0.2) is 9.48 Å². The maximum atomic E-state index is 12.4. The fourth-order valence-electron chi connectivity index (χ4n) is 2.57. The Hall–Kier alpha value is -2.93. The van der Waals surface area contributed by atoms with Gasteiger partial charge < -0.3 is 5.32 Å². The summed E-state index contributed by atoms with van der Waals surface area (Å²) in [6.45, 7) is -0.149. The van der Waals surface area contributed by atoms with E-state index in [4.69, 9.17) is 11.6 Å². The first-order valence-electron chi connectivity index (χ1n) is 8.06. The van der Waals surface area contributed by atoms with Crippen molar-refractivity contribution in [1.82, 2.24) is 24.6 Å². The number of hydrogen-bond acceptors (Lipinski definition) is 4. The Labute approximate surface area is 155 Å². The van der Waals surface area contributed by atoms with E-state index in [1.807, 2.05) is 42.5 Å². The quantitative estimate of drug-likeness (QED) is 0.715. The van der Waals surface area contributed by atoms with Crippen molar-refractivity contribution in [2.24, 2.45) is 7.05 Å². The van der Waals surface area contributed by atoms with Gasteiger partial charge in [0.15, 0.2) is 0 Å². The minimum atomic E-state index is -0.341. The van der Waals surface area contributed by atoms with Crippen molar-refractivity contribution < 1.29 is 4.79 Å². The predicted octanol–water partition coefficient (Wildman–Crippen LogP) is 1.73. The van der Waals surface area contributed by atoms with Crippen molar-refractivity contribution in [2.45, 2.75) is 19.0 Å². The Bertz CT molecular complexity index is 934. The summed E-state index contributed by atoms with van der Waals surface area (Å²) >= 11 is 5.93. The number of aryl methyl sites for hydroxylation is 1. The molecule has 0 aliphatic carbocycles. The first-order valence-corrected chi connectivity index (χ1v) is 8.44. The van der Waals surface area contributed by atoms with Crippen LogP contribution in [0.1, 0.15) is 17.3 Å². The molecule has 0 radical (unpaired) electrons. The van der Waals surface area contributed by atoms with Gasteiger partial charge in [-0.2, -0.15) is 5.10 Å². The van der Waals surface area contributed by atoms with Gasteiger partial charge in [0.25, 0.3) is 0 Å². The predicted molar refractivity (Wildman–Crippen MR) is 97.7 cm³/mol. The van der Waals surface area contributed by atoms with Gasteiger partial charge in [-0.1, -0.05) is 29.8 Å². The third-order valence-electron chi connectivity index (χ3n) is 3.91. The smallest absolute Gasteiger partial charge is 0.345 e. The molecular formula is C18H18ClN5O2. The molecule has 26 heavy (non-hydrogen) atoms.